The molecule has 1 aromatic carbocycles. The van der Waals surface area contributed by atoms with Crippen LogP contribution in [0.3, 0.4) is 0 Å². The molecule has 3 rings (SSSR count). The fourth-order valence-electron chi connectivity index (χ4n) is 3.08. The molecule has 1 aromatic heterocycles. The van der Waals surface area contributed by atoms with Crippen molar-refractivity contribution in [2.24, 2.45) is 0 Å². The van der Waals surface area contributed by atoms with E-state index >= 15 is 0 Å². The lowest BCUT2D eigenvalue weighted by Crippen LogP contribution is -2.29. The monoisotopic (exact) mass is 342 g/mol. The smallest absolute Gasteiger partial charge is 0.305 e. The minimum absolute atomic E-state index is 0.0414. The molecular formula is C18H22N4O3. The lowest BCUT2D eigenvalue weighted by molar-refractivity contribution is -0.137. The Morgan fingerprint density at radius 2 is 2.04 bits per heavy atom. The molecule has 1 aliphatic rings. The SMILES string of the molecule is CN1CCc2c(c(CNC(=O)c3ccccc3)nn2CCC(=O)O)C1. The van der Waals surface area contributed by atoms with Crippen molar-refractivity contribution >= 4 is 11.9 Å². The maximum atomic E-state index is 12.2. The van der Waals surface area contributed by atoms with Gasteiger partial charge in [-0.15, -0.1) is 0 Å². The summed E-state index contributed by atoms with van der Waals surface area (Å²) in [5.41, 5.74) is 3.62. The van der Waals surface area contributed by atoms with Crippen molar-refractivity contribution in [3.05, 3.63) is 52.8 Å². The topological polar surface area (TPSA) is 87.5 Å². The lowest BCUT2D eigenvalue weighted by Gasteiger charge is -2.23. The average Bonchev–Trinajstić information content (AvgIpc) is 2.95. The summed E-state index contributed by atoms with van der Waals surface area (Å²) in [6, 6.07) is 9.06. The lowest BCUT2D eigenvalue weighted by atomic mass is 10.1. The van der Waals surface area contributed by atoms with Gasteiger partial charge in [-0.3, -0.25) is 14.3 Å². The zero-order chi connectivity index (χ0) is 17.8. The van der Waals surface area contributed by atoms with Gasteiger partial charge in [-0.1, -0.05) is 18.2 Å². The van der Waals surface area contributed by atoms with Crippen LogP contribution < -0.4 is 5.32 Å². The summed E-state index contributed by atoms with van der Waals surface area (Å²) in [6.45, 7) is 2.37. The van der Waals surface area contributed by atoms with E-state index in [1.165, 1.54) is 0 Å². The molecule has 132 valence electrons. The van der Waals surface area contributed by atoms with E-state index in [2.05, 4.69) is 15.3 Å². The highest BCUT2D eigenvalue weighted by Crippen LogP contribution is 2.22. The van der Waals surface area contributed by atoms with Gasteiger partial charge in [-0.25, -0.2) is 0 Å². The van der Waals surface area contributed by atoms with E-state index in [4.69, 9.17) is 5.11 Å². The first-order chi connectivity index (χ1) is 12.0. The van der Waals surface area contributed by atoms with Gasteiger partial charge in [0.2, 0.25) is 0 Å². The molecule has 2 aromatic rings. The van der Waals surface area contributed by atoms with Crippen molar-refractivity contribution in [2.45, 2.75) is 32.5 Å². The minimum Gasteiger partial charge on any atom is -0.481 e. The Hall–Kier alpha value is -2.67. The summed E-state index contributed by atoms with van der Waals surface area (Å²) in [5.74, 6) is -0.977. The van der Waals surface area contributed by atoms with Gasteiger partial charge in [0, 0.05) is 36.3 Å². The third kappa shape index (κ3) is 4.06. The van der Waals surface area contributed by atoms with Crippen LogP contribution in [0.4, 0.5) is 0 Å². The number of hydrogen-bond acceptors (Lipinski definition) is 4. The zero-order valence-corrected chi connectivity index (χ0v) is 14.2. The van der Waals surface area contributed by atoms with Gasteiger partial charge in [0.15, 0.2) is 0 Å². The maximum absolute atomic E-state index is 12.2. The fraction of sp³-hybridized carbons (Fsp3) is 0.389. The molecular weight excluding hydrogens is 320 g/mol. The van der Waals surface area contributed by atoms with Crippen LogP contribution in [0.2, 0.25) is 0 Å². The third-order valence-electron chi connectivity index (χ3n) is 4.40. The number of carboxylic acids is 1. The Balaban J connectivity index is 1.76. The number of aliphatic carboxylic acids is 1. The summed E-state index contributed by atoms with van der Waals surface area (Å²) in [5, 5.41) is 16.4. The molecule has 2 heterocycles. The van der Waals surface area contributed by atoms with Crippen LogP contribution >= 0.6 is 0 Å². The number of aromatic nitrogens is 2. The normalized spacial score (nSPS) is 14.1. The summed E-state index contributed by atoms with van der Waals surface area (Å²) in [7, 11) is 2.05. The van der Waals surface area contributed by atoms with Gasteiger partial charge in [-0.05, 0) is 19.2 Å². The molecule has 2 N–H and O–H groups in total. The Labute approximate surface area is 146 Å². The number of nitrogens with zero attached hydrogens (tertiary/aromatic N) is 3. The molecule has 0 fully saturated rings. The molecule has 0 bridgehead atoms. The third-order valence-corrected chi connectivity index (χ3v) is 4.40. The van der Waals surface area contributed by atoms with Crippen LogP contribution in [0.25, 0.3) is 0 Å². The van der Waals surface area contributed by atoms with E-state index in [0.717, 1.165) is 36.5 Å². The van der Waals surface area contributed by atoms with E-state index in [-0.39, 0.29) is 12.3 Å². The number of amides is 1. The van der Waals surface area contributed by atoms with Crippen LogP contribution in [0.5, 0.6) is 0 Å². The van der Waals surface area contributed by atoms with Gasteiger partial charge < -0.3 is 15.3 Å². The quantitative estimate of drug-likeness (QED) is 0.826. The van der Waals surface area contributed by atoms with Gasteiger partial charge in [0.05, 0.1) is 25.2 Å². The molecule has 0 saturated heterocycles. The number of fused-ring (bicyclic) bond motifs is 1. The Morgan fingerprint density at radius 1 is 1.28 bits per heavy atom. The Morgan fingerprint density at radius 3 is 2.76 bits per heavy atom. The van der Waals surface area contributed by atoms with Crippen molar-refractivity contribution < 1.29 is 14.7 Å². The van der Waals surface area contributed by atoms with Crippen LogP contribution in [-0.4, -0.2) is 45.3 Å². The number of hydrogen-bond donors (Lipinski definition) is 2. The molecule has 0 unspecified atom stereocenters. The number of rotatable bonds is 6. The minimum atomic E-state index is -0.837. The molecule has 1 amide bonds. The number of aryl methyl sites for hydroxylation is 1. The highest BCUT2D eigenvalue weighted by Gasteiger charge is 2.23. The van der Waals surface area contributed by atoms with Crippen LogP contribution in [0.1, 0.15) is 33.7 Å². The molecule has 0 aliphatic carbocycles. The van der Waals surface area contributed by atoms with Crippen LogP contribution in [0.15, 0.2) is 30.3 Å². The number of carboxylic acid groups (broad SMARTS) is 1. The van der Waals surface area contributed by atoms with E-state index in [1.54, 1.807) is 16.8 Å². The first kappa shape index (κ1) is 17.2. The highest BCUT2D eigenvalue weighted by molar-refractivity contribution is 5.94. The van der Waals surface area contributed by atoms with Crippen molar-refractivity contribution in [1.29, 1.82) is 0 Å². The second kappa shape index (κ2) is 7.48. The molecule has 0 atom stereocenters. The number of carbonyl (C=O) groups excluding carboxylic acids is 1. The van der Waals surface area contributed by atoms with E-state index in [9.17, 15) is 9.59 Å². The van der Waals surface area contributed by atoms with E-state index < -0.39 is 5.97 Å². The van der Waals surface area contributed by atoms with Crippen molar-refractivity contribution in [3.8, 4) is 0 Å². The molecule has 1 aliphatic heterocycles. The molecule has 0 saturated carbocycles. The van der Waals surface area contributed by atoms with E-state index in [1.807, 2.05) is 25.2 Å². The summed E-state index contributed by atoms with van der Waals surface area (Å²) in [6.07, 6.45) is 0.880. The van der Waals surface area contributed by atoms with E-state index in [0.29, 0.717) is 18.7 Å². The highest BCUT2D eigenvalue weighted by atomic mass is 16.4. The van der Waals surface area contributed by atoms with Crippen molar-refractivity contribution in [3.63, 3.8) is 0 Å². The number of nitrogens with one attached hydrogen (secondary N) is 1. The standard InChI is InChI=1S/C18H22N4O3/c1-21-9-7-16-14(12-21)15(20-22(16)10-8-17(23)24)11-19-18(25)13-5-3-2-4-6-13/h2-6H,7-12H2,1H3,(H,19,25)(H,23,24). The summed E-state index contributed by atoms with van der Waals surface area (Å²) >= 11 is 0. The van der Waals surface area contributed by atoms with Crippen LogP contribution in [0, 0.1) is 0 Å². The maximum Gasteiger partial charge on any atom is 0.305 e. The summed E-state index contributed by atoms with van der Waals surface area (Å²) < 4.78 is 1.79. The van der Waals surface area contributed by atoms with Crippen molar-refractivity contribution in [1.82, 2.24) is 20.0 Å². The first-order valence-electron chi connectivity index (χ1n) is 8.35. The summed E-state index contributed by atoms with van der Waals surface area (Å²) in [4.78, 5) is 25.3. The van der Waals surface area contributed by atoms with Gasteiger partial charge in [0.1, 0.15) is 0 Å². The molecule has 7 nitrogen and oxygen atoms in total. The predicted molar refractivity (Wildman–Crippen MR) is 92.1 cm³/mol. The van der Waals surface area contributed by atoms with Gasteiger partial charge in [-0.2, -0.15) is 5.10 Å². The molecule has 25 heavy (non-hydrogen) atoms. The second-order valence-corrected chi connectivity index (χ2v) is 6.28. The predicted octanol–water partition coefficient (Wildman–Crippen LogP) is 1.28. The van der Waals surface area contributed by atoms with Gasteiger partial charge in [0.25, 0.3) is 5.91 Å². The second-order valence-electron chi connectivity index (χ2n) is 6.28. The average molecular weight is 342 g/mol. The molecule has 0 spiro atoms. The Bertz CT molecular complexity index is 770. The number of carbonyl (C=O) groups is 2. The fourth-order valence-corrected chi connectivity index (χ4v) is 3.08. The van der Waals surface area contributed by atoms with Gasteiger partial charge >= 0.3 is 5.97 Å². The molecule has 7 heteroatoms. The zero-order valence-electron chi connectivity index (χ0n) is 14.2. The number of benzene rings is 1. The van der Waals surface area contributed by atoms with Crippen molar-refractivity contribution in [2.75, 3.05) is 13.6 Å². The van der Waals surface area contributed by atoms with Crippen LogP contribution in [-0.2, 0) is 30.8 Å². The largest absolute Gasteiger partial charge is 0.481 e. The first-order valence-corrected chi connectivity index (χ1v) is 8.35. The molecule has 0 radical (unpaired) electrons. The number of likely N-dealkylation sites (N-methyl/N-ethyl adjacent to an activating group) is 1. The Kier molecular flexibility index (Phi) is 5.14.